The first-order valence-corrected chi connectivity index (χ1v) is 25.9. The van der Waals surface area contributed by atoms with Crippen LogP contribution in [0.5, 0.6) is 11.5 Å². The van der Waals surface area contributed by atoms with Crippen LogP contribution in [0, 0.1) is 22.9 Å². The summed E-state index contributed by atoms with van der Waals surface area (Å²) < 4.78 is 14.8. The molecular weight excluding hydrogens is 1040 g/mol. The van der Waals surface area contributed by atoms with E-state index in [9.17, 15) is 0 Å². The molecule has 1 fully saturated rings. The third kappa shape index (κ3) is 7.42. The minimum atomic E-state index is 0.608. The Kier molecular flexibility index (Phi) is 10.9. The quantitative estimate of drug-likeness (QED) is 0.135. The van der Waals surface area contributed by atoms with Crippen LogP contribution in [0.4, 0.5) is 0 Å². The van der Waals surface area contributed by atoms with E-state index in [1.807, 2.05) is 18.3 Å². The first kappa shape index (κ1) is 42.7. The van der Waals surface area contributed by atoms with Crippen LogP contribution in [-0.2, 0) is 32.2 Å². The van der Waals surface area contributed by atoms with Gasteiger partial charge in [0.15, 0.2) is 0 Å². The molecule has 8 aromatic carbocycles. The monoisotopic (exact) mass is 1090 g/mol. The van der Waals surface area contributed by atoms with Gasteiger partial charge in [-0.3, -0.25) is 0 Å². The van der Waals surface area contributed by atoms with Crippen LogP contribution in [-0.4, -0.2) is 18.7 Å². The Bertz CT molecular complexity index is 3840. The molecule has 70 heavy (non-hydrogen) atoms. The van der Waals surface area contributed by atoms with Crippen molar-refractivity contribution < 1.29 is 24.1 Å². The van der Waals surface area contributed by atoms with Gasteiger partial charge in [-0.1, -0.05) is 55.7 Å². The second-order valence-corrected chi connectivity index (χ2v) is 20.0. The van der Waals surface area contributed by atoms with Crippen LogP contribution in [0.2, 0.25) is 0 Å². The third-order valence-corrected chi connectivity index (χ3v) is 15.9. The summed E-state index contributed by atoms with van der Waals surface area (Å²) in [7, 11) is 0. The van der Waals surface area contributed by atoms with Crippen molar-refractivity contribution in [3.63, 3.8) is 0 Å². The summed E-state index contributed by atoms with van der Waals surface area (Å²) in [5.41, 5.74) is 19.2. The number of hydrogen-bond donors (Lipinski definition) is 0. The molecule has 1 saturated carbocycles. The minimum Gasteiger partial charge on any atom is -0.0581 e. The fraction of sp³-hybridized carbons (Fsp3) is 0.156. The molecule has 2 aliphatic rings. The maximum absolute atomic E-state index is 6.77. The van der Waals surface area contributed by atoms with Crippen molar-refractivity contribution in [3.05, 3.63) is 220 Å². The summed E-state index contributed by atoms with van der Waals surface area (Å²) in [6.07, 6.45) is 12.0. The summed E-state index contributed by atoms with van der Waals surface area (Å²) in [6.45, 7) is 2.19. The minimum absolute atomic E-state index is 0.608. The molecule has 13 rings (SSSR count). The van der Waals surface area contributed by atoms with Gasteiger partial charge in [0, 0.05) is 11.8 Å². The predicted octanol–water partition coefficient (Wildman–Crippen LogP) is 16.2. The van der Waals surface area contributed by atoms with Crippen molar-refractivity contribution in [2.45, 2.75) is 64.2 Å². The zero-order valence-corrected chi connectivity index (χ0v) is 41.3. The number of aromatic nitrogens is 4. The van der Waals surface area contributed by atoms with Gasteiger partial charge < -0.3 is 0 Å². The van der Waals surface area contributed by atoms with Gasteiger partial charge in [-0.25, -0.2) is 0 Å². The Labute approximate surface area is 419 Å². The summed E-state index contributed by atoms with van der Waals surface area (Å²) in [4.78, 5) is 5.14. The van der Waals surface area contributed by atoms with Gasteiger partial charge in [-0.15, -0.1) is 0 Å². The second-order valence-electron chi connectivity index (χ2n) is 19.0. The number of imidazole rings is 1. The molecule has 344 valence electrons. The molecule has 0 amide bonds. The van der Waals surface area contributed by atoms with Gasteiger partial charge in [-0.05, 0) is 42.4 Å². The molecule has 0 radical (unpaired) electrons. The Hall–Kier alpha value is -7.33. The molecule has 0 atom stereocenters. The fourth-order valence-electron chi connectivity index (χ4n) is 11.5. The molecule has 0 bridgehead atoms. The summed E-state index contributed by atoms with van der Waals surface area (Å²) in [5.74, 6) is 2.75. The van der Waals surface area contributed by atoms with Crippen LogP contribution >= 0.6 is 0 Å². The number of para-hydroxylation sites is 3. The van der Waals surface area contributed by atoms with Gasteiger partial charge in [0.05, 0.1) is 0 Å². The topological polar surface area (TPSA) is 36.9 Å². The first-order chi connectivity index (χ1) is 34.6. The van der Waals surface area contributed by atoms with Gasteiger partial charge >= 0.3 is 312 Å². The van der Waals surface area contributed by atoms with Crippen LogP contribution < -0.4 is 4.74 Å². The molecule has 0 N–H and O–H groups in total. The van der Waals surface area contributed by atoms with Gasteiger partial charge in [0.25, 0.3) is 0 Å². The van der Waals surface area contributed by atoms with Gasteiger partial charge in [0.2, 0.25) is 0 Å². The molecule has 11 aromatic rings. The van der Waals surface area contributed by atoms with Crippen molar-refractivity contribution in [2.75, 3.05) is 0 Å². The van der Waals surface area contributed by atoms with Gasteiger partial charge in [0.1, 0.15) is 0 Å². The Morgan fingerprint density at radius 1 is 0.557 bits per heavy atom. The number of ether oxygens (including phenoxy) is 1. The second kappa shape index (κ2) is 17.9. The van der Waals surface area contributed by atoms with Crippen LogP contribution in [0.3, 0.4) is 0 Å². The average molecular weight is 1090 g/mol. The van der Waals surface area contributed by atoms with Crippen LogP contribution in [0.25, 0.3) is 83.4 Å². The van der Waals surface area contributed by atoms with E-state index in [0.29, 0.717) is 17.4 Å². The Morgan fingerprint density at radius 2 is 1.24 bits per heavy atom. The van der Waals surface area contributed by atoms with E-state index >= 15 is 0 Å². The van der Waals surface area contributed by atoms with E-state index in [-0.39, 0.29) is 0 Å². The average Bonchev–Trinajstić information content (AvgIpc) is 4.11. The number of pyridine rings is 1. The van der Waals surface area contributed by atoms with Crippen LogP contribution in [0.1, 0.15) is 66.7 Å². The molecule has 3 aromatic heterocycles. The van der Waals surface area contributed by atoms with Crippen LogP contribution in [0.15, 0.2) is 182 Å². The molecule has 0 spiro atoms. The number of rotatable bonds is 9. The number of nitrogens with zero attached hydrogens (tertiary/aromatic N) is 4. The smallest absolute Gasteiger partial charge is 0.0581 e. The van der Waals surface area contributed by atoms with E-state index in [4.69, 9.17) is 9.72 Å². The van der Waals surface area contributed by atoms with Crippen molar-refractivity contribution in [1.29, 1.82) is 0 Å². The first-order valence-electron chi connectivity index (χ1n) is 24.8. The zero-order valence-electron chi connectivity index (χ0n) is 39.1. The Morgan fingerprint density at radius 3 is 2.01 bits per heavy atom. The normalized spacial score (nSPS) is 13.9. The number of hydrogen-bond acceptors (Lipinski definition) is 2. The third-order valence-electron chi connectivity index (χ3n) is 14.8. The molecule has 0 unspecified atom stereocenters. The molecule has 5 nitrogen and oxygen atoms in total. The van der Waals surface area contributed by atoms with Crippen molar-refractivity contribution >= 4 is 32.8 Å². The fourth-order valence-corrected chi connectivity index (χ4v) is 12.6. The number of fused-ring (bicyclic) bond motifs is 5. The summed E-state index contributed by atoms with van der Waals surface area (Å²) >= 11 is 2.53. The van der Waals surface area contributed by atoms with Crippen molar-refractivity contribution in [1.82, 2.24) is 18.7 Å². The molecule has 0 saturated heterocycles. The van der Waals surface area contributed by atoms with E-state index in [2.05, 4.69) is 216 Å². The molecule has 0 aliphatic heterocycles. The summed E-state index contributed by atoms with van der Waals surface area (Å²) in [6, 6.07) is 70.8. The molecule has 6 heteroatoms. The summed E-state index contributed by atoms with van der Waals surface area (Å²) in [5, 5.41) is 2.24. The number of benzene rings is 8. The molecular formula is C64H50N4OPt-2. The van der Waals surface area contributed by atoms with Gasteiger partial charge in [-0.2, -0.15) is 0 Å². The maximum atomic E-state index is 6.77. The van der Waals surface area contributed by atoms with Crippen molar-refractivity contribution in [2.24, 2.45) is 0 Å². The molecule has 2 aliphatic carbocycles. The van der Waals surface area contributed by atoms with E-state index in [0.717, 1.165) is 73.0 Å². The standard InChI is InChI=1S/C64H50N4O.Pt/c1-43-37-62(65-41-57(43)47-33-31-45(32-34-47)44-17-5-2-6-18-44)68-58-28-12-11-26-54(58)55-36-35-52(40-61(55)68)69-51-25-16-24-50(39-51)66-42-67(60-30-14-13-29-59(60)66)64-56(46-19-7-3-8-20-46)38-49-23-15-27-53(49)63(64)48-21-9-4-10-22-48;/h3-4,7-14,16,19-22,24-26,28-38,41,44H,2,5-6,15,17-18,23,27H2,1H3;/q-2;. The molecule has 3 heterocycles. The SMILES string of the molecule is Cc1cc(-n2c3[c-]c(Oc4[c-]c(-n5[c](=[Pt])n(-c6c(-c7ccccc7)cc7c(c6-c6ccccc6)CCC7)c6ccccc65)ccc4)ccc3c3ccccc32)ncc1-c1ccc(C2CCCCC2)cc1. The van der Waals surface area contributed by atoms with E-state index in [1.165, 1.54) is 87.9 Å². The zero-order chi connectivity index (χ0) is 46.7. The Balaban J connectivity index is 0.893. The van der Waals surface area contributed by atoms with E-state index < -0.39 is 0 Å². The van der Waals surface area contributed by atoms with E-state index in [1.54, 1.807) is 0 Å². The number of aryl methyl sites for hydroxylation is 2. The predicted molar refractivity (Wildman–Crippen MR) is 281 cm³/mol. The van der Waals surface area contributed by atoms with Crippen molar-refractivity contribution in [3.8, 4) is 62.1 Å².